The van der Waals surface area contributed by atoms with Crippen LogP contribution in [0.15, 0.2) is 24.3 Å². The van der Waals surface area contributed by atoms with Crippen molar-refractivity contribution in [2.75, 3.05) is 0 Å². The molecule has 1 saturated carbocycles. The molecule has 0 atom stereocenters. The number of nitrogens with one attached hydrogen (secondary N) is 2. The van der Waals surface area contributed by atoms with Gasteiger partial charge in [0.05, 0.1) is 0 Å². The van der Waals surface area contributed by atoms with Crippen LogP contribution in [0.5, 0.6) is 0 Å². The summed E-state index contributed by atoms with van der Waals surface area (Å²) in [4.78, 5) is 22.5. The van der Waals surface area contributed by atoms with E-state index >= 15 is 0 Å². The van der Waals surface area contributed by atoms with Crippen LogP contribution in [0.2, 0.25) is 0 Å². The predicted octanol–water partition coefficient (Wildman–Crippen LogP) is 2.00. The van der Waals surface area contributed by atoms with Crippen LogP contribution in [0, 0.1) is 6.92 Å². The van der Waals surface area contributed by atoms with E-state index in [1.807, 2.05) is 25.1 Å². The normalized spacial score (nSPS) is 16.6. The van der Waals surface area contributed by atoms with Gasteiger partial charge in [-0.3, -0.25) is 20.1 Å². The van der Waals surface area contributed by atoms with Crippen LogP contribution in [0.1, 0.15) is 42.4 Å². The van der Waals surface area contributed by atoms with Crippen molar-refractivity contribution in [1.82, 2.24) is 10.8 Å². The number of benzene rings is 1. The third-order valence-electron chi connectivity index (χ3n) is 4.39. The van der Waals surface area contributed by atoms with Gasteiger partial charge in [0.15, 0.2) is 0 Å². The van der Waals surface area contributed by atoms with E-state index in [0.29, 0.717) is 19.4 Å². The summed E-state index contributed by atoms with van der Waals surface area (Å²) < 4.78 is 0. The molecule has 0 aliphatic heterocycles. The summed E-state index contributed by atoms with van der Waals surface area (Å²) in [5.41, 5.74) is 3.62. The highest BCUT2D eigenvalue weighted by atomic mass is 16.5. The van der Waals surface area contributed by atoms with Crippen molar-refractivity contribution in [2.24, 2.45) is 0 Å². The van der Waals surface area contributed by atoms with Crippen LogP contribution in [0.3, 0.4) is 0 Å². The second kappa shape index (κ2) is 7.39. The third kappa shape index (κ3) is 4.18. The SMILES string of the molecule is Cc1cc(C=CC(=O)NO)ccc1CNC1(C(=O)O)CCCC1. The maximum Gasteiger partial charge on any atom is 0.323 e. The second-order valence-corrected chi connectivity index (χ2v) is 5.94. The lowest BCUT2D eigenvalue weighted by molar-refractivity contribution is -0.144. The fourth-order valence-electron chi connectivity index (χ4n) is 2.94. The Hall–Kier alpha value is -2.18. The number of carbonyl (C=O) groups is 2. The first kappa shape index (κ1) is 17.2. The van der Waals surface area contributed by atoms with Crippen LogP contribution < -0.4 is 10.8 Å². The van der Waals surface area contributed by atoms with Gasteiger partial charge in [0, 0.05) is 12.6 Å². The average Bonchev–Trinajstić information content (AvgIpc) is 3.02. The van der Waals surface area contributed by atoms with E-state index in [-0.39, 0.29) is 0 Å². The van der Waals surface area contributed by atoms with Crippen LogP contribution in [-0.2, 0) is 16.1 Å². The zero-order chi connectivity index (χ0) is 16.9. The van der Waals surface area contributed by atoms with Gasteiger partial charge in [0.25, 0.3) is 5.91 Å². The molecule has 0 unspecified atom stereocenters. The lowest BCUT2D eigenvalue weighted by atomic mass is 9.96. The van der Waals surface area contributed by atoms with E-state index in [1.54, 1.807) is 6.08 Å². The number of hydroxylamine groups is 1. The molecule has 6 nitrogen and oxygen atoms in total. The highest BCUT2D eigenvalue weighted by Crippen LogP contribution is 2.30. The monoisotopic (exact) mass is 318 g/mol. The Bertz CT molecular complexity index is 619. The molecule has 23 heavy (non-hydrogen) atoms. The van der Waals surface area contributed by atoms with Crippen LogP contribution in [0.4, 0.5) is 0 Å². The first-order valence-corrected chi connectivity index (χ1v) is 7.67. The number of hydrogen-bond donors (Lipinski definition) is 4. The molecule has 1 aromatic carbocycles. The molecule has 0 saturated heterocycles. The first-order valence-electron chi connectivity index (χ1n) is 7.67. The summed E-state index contributed by atoms with van der Waals surface area (Å²) in [5.74, 6) is -1.36. The molecule has 1 aliphatic carbocycles. The molecule has 2 rings (SSSR count). The van der Waals surface area contributed by atoms with Crippen molar-refractivity contribution in [2.45, 2.75) is 44.7 Å². The van der Waals surface area contributed by atoms with Crippen molar-refractivity contribution in [3.63, 3.8) is 0 Å². The van der Waals surface area contributed by atoms with Gasteiger partial charge in [0.1, 0.15) is 5.54 Å². The number of carboxylic acid groups (broad SMARTS) is 1. The lowest BCUT2D eigenvalue weighted by Crippen LogP contribution is -2.49. The van der Waals surface area contributed by atoms with E-state index in [4.69, 9.17) is 5.21 Å². The maximum atomic E-state index is 11.5. The molecule has 1 aromatic rings. The molecule has 1 aliphatic rings. The Kier molecular flexibility index (Phi) is 5.52. The van der Waals surface area contributed by atoms with Gasteiger partial charge in [-0.25, -0.2) is 5.48 Å². The zero-order valence-electron chi connectivity index (χ0n) is 13.1. The number of rotatable bonds is 6. The average molecular weight is 318 g/mol. The van der Waals surface area contributed by atoms with Crippen molar-refractivity contribution in [3.05, 3.63) is 41.0 Å². The van der Waals surface area contributed by atoms with Crippen molar-refractivity contribution >= 4 is 18.0 Å². The Balaban J connectivity index is 2.05. The topological polar surface area (TPSA) is 98.7 Å². The molecule has 124 valence electrons. The number of carbonyl (C=O) groups excluding carboxylic acids is 1. The third-order valence-corrected chi connectivity index (χ3v) is 4.39. The van der Waals surface area contributed by atoms with Gasteiger partial charge in [-0.15, -0.1) is 0 Å². The van der Waals surface area contributed by atoms with E-state index in [9.17, 15) is 14.7 Å². The first-order chi connectivity index (χ1) is 11.0. The van der Waals surface area contributed by atoms with Crippen LogP contribution in [0.25, 0.3) is 6.08 Å². The van der Waals surface area contributed by atoms with E-state index in [2.05, 4.69) is 5.32 Å². The van der Waals surface area contributed by atoms with Gasteiger partial charge in [-0.2, -0.15) is 0 Å². The lowest BCUT2D eigenvalue weighted by Gasteiger charge is -2.26. The minimum atomic E-state index is -0.801. The summed E-state index contributed by atoms with van der Waals surface area (Å²) in [5, 5.41) is 21.1. The fourth-order valence-corrected chi connectivity index (χ4v) is 2.94. The summed E-state index contributed by atoms with van der Waals surface area (Å²) in [6.45, 7) is 2.45. The molecule has 0 heterocycles. The predicted molar refractivity (Wildman–Crippen MR) is 85.8 cm³/mol. The number of amides is 1. The van der Waals surface area contributed by atoms with Gasteiger partial charge in [0.2, 0.25) is 0 Å². The molecule has 0 bridgehead atoms. The molecule has 0 spiro atoms. The summed E-state index contributed by atoms with van der Waals surface area (Å²) in [7, 11) is 0. The highest BCUT2D eigenvalue weighted by Gasteiger charge is 2.40. The van der Waals surface area contributed by atoms with Crippen molar-refractivity contribution in [3.8, 4) is 0 Å². The van der Waals surface area contributed by atoms with Crippen molar-refractivity contribution in [1.29, 1.82) is 0 Å². The van der Waals surface area contributed by atoms with E-state index in [1.165, 1.54) is 11.6 Å². The Labute approximate surface area is 135 Å². The Morgan fingerprint density at radius 2 is 2.00 bits per heavy atom. The van der Waals surface area contributed by atoms with Gasteiger partial charge in [-0.05, 0) is 42.5 Å². The molecule has 4 N–H and O–H groups in total. The number of aliphatic carboxylic acids is 1. The molecule has 0 aromatic heterocycles. The number of hydrogen-bond acceptors (Lipinski definition) is 4. The molecule has 0 radical (unpaired) electrons. The largest absolute Gasteiger partial charge is 0.480 e. The van der Waals surface area contributed by atoms with Crippen LogP contribution >= 0.6 is 0 Å². The molecular formula is C17H22N2O4. The number of carboxylic acids is 1. The fraction of sp³-hybridized carbons (Fsp3) is 0.412. The highest BCUT2D eigenvalue weighted by molar-refractivity contribution is 5.90. The number of aryl methyl sites for hydroxylation is 1. The molecule has 6 heteroatoms. The molecule has 1 amide bonds. The minimum absolute atomic E-state index is 0.499. The minimum Gasteiger partial charge on any atom is -0.480 e. The van der Waals surface area contributed by atoms with Gasteiger partial charge < -0.3 is 5.11 Å². The van der Waals surface area contributed by atoms with Crippen LogP contribution in [-0.4, -0.2) is 27.7 Å². The molecule has 1 fully saturated rings. The maximum absolute atomic E-state index is 11.5. The summed E-state index contributed by atoms with van der Waals surface area (Å²) in [6, 6.07) is 5.69. The second-order valence-electron chi connectivity index (χ2n) is 5.94. The standard InChI is InChI=1S/C17H22N2O4/c1-12-10-13(5-7-15(20)19-23)4-6-14(12)11-18-17(16(21)22)8-2-3-9-17/h4-7,10,18,23H,2-3,8-9,11H2,1H3,(H,19,20)(H,21,22). The quantitative estimate of drug-likeness (QED) is 0.365. The smallest absolute Gasteiger partial charge is 0.323 e. The van der Waals surface area contributed by atoms with Gasteiger partial charge >= 0.3 is 5.97 Å². The van der Waals surface area contributed by atoms with E-state index < -0.39 is 17.4 Å². The summed E-state index contributed by atoms with van der Waals surface area (Å²) in [6.07, 6.45) is 6.05. The molecular weight excluding hydrogens is 296 g/mol. The Morgan fingerprint density at radius 1 is 1.30 bits per heavy atom. The summed E-state index contributed by atoms with van der Waals surface area (Å²) >= 11 is 0. The van der Waals surface area contributed by atoms with Crippen molar-refractivity contribution < 1.29 is 19.9 Å². The Morgan fingerprint density at radius 3 is 2.57 bits per heavy atom. The van der Waals surface area contributed by atoms with E-state index in [0.717, 1.165) is 29.5 Å². The zero-order valence-corrected chi connectivity index (χ0v) is 13.1. The van der Waals surface area contributed by atoms with Gasteiger partial charge in [-0.1, -0.05) is 31.0 Å².